The number of fused-ring (bicyclic) bond motifs is 1. The van der Waals surface area contributed by atoms with Crippen LogP contribution in [-0.2, 0) is 4.74 Å². The van der Waals surface area contributed by atoms with Gasteiger partial charge in [-0.15, -0.1) is 0 Å². The highest BCUT2D eigenvalue weighted by Crippen LogP contribution is 2.24. The molecule has 0 N–H and O–H groups in total. The van der Waals surface area contributed by atoms with E-state index in [1.807, 2.05) is 18.2 Å². The Kier molecular flexibility index (Phi) is 2.64. The van der Waals surface area contributed by atoms with E-state index in [-0.39, 0.29) is 5.56 Å². The number of carbonyl (C=O) groups is 1. The molecule has 0 unspecified atom stereocenters. The summed E-state index contributed by atoms with van der Waals surface area (Å²) in [6, 6.07) is 11.0. The van der Waals surface area contributed by atoms with Crippen LogP contribution in [0.25, 0.3) is 10.8 Å². The molecule has 1 saturated heterocycles. The molecule has 0 atom stereocenters. The number of nitrogens with zero attached hydrogens (tertiary/aromatic N) is 1. The van der Waals surface area contributed by atoms with E-state index in [0.29, 0.717) is 6.73 Å². The molecule has 2 aromatic carbocycles. The molecule has 18 heavy (non-hydrogen) atoms. The summed E-state index contributed by atoms with van der Waals surface area (Å²) in [4.78, 5) is 12.9. The summed E-state index contributed by atoms with van der Waals surface area (Å²) < 4.78 is 5.31. The van der Waals surface area contributed by atoms with Crippen molar-refractivity contribution in [3.63, 3.8) is 0 Å². The lowest BCUT2D eigenvalue weighted by Crippen LogP contribution is -2.22. The monoisotopic (exact) mass is 242 g/mol. The van der Waals surface area contributed by atoms with Crippen LogP contribution in [0.4, 0.5) is 5.69 Å². The summed E-state index contributed by atoms with van der Waals surface area (Å²) in [5.41, 5.74) is 1.31. The average molecular weight is 242 g/mol. The molecular weight excluding hydrogens is 230 g/mol. The predicted molar refractivity (Wildman–Crippen MR) is 66.4 cm³/mol. The Morgan fingerprint density at radius 1 is 1.17 bits per heavy atom. The van der Waals surface area contributed by atoms with Crippen LogP contribution < -0.4 is 10.0 Å². The average Bonchev–Trinajstić information content (AvgIpc) is 2.91. The standard InChI is InChI=1S/C14H13NO3/c16-14(17)12-2-1-11-8-13(4-3-10(11)7-12)15-5-6-18-9-15/h1-4,7-8H,5-6,9H2,(H,16,17)/p-1. The highest BCUT2D eigenvalue weighted by atomic mass is 16.5. The highest BCUT2D eigenvalue weighted by molar-refractivity contribution is 5.94. The fraction of sp³-hybridized carbons (Fsp3) is 0.214. The molecule has 0 amide bonds. The predicted octanol–water partition coefficient (Wildman–Crippen LogP) is 0.997. The molecule has 1 aliphatic rings. The number of carboxylic acids is 1. The van der Waals surface area contributed by atoms with Crippen molar-refractivity contribution in [1.29, 1.82) is 0 Å². The largest absolute Gasteiger partial charge is 0.545 e. The summed E-state index contributed by atoms with van der Waals surface area (Å²) in [6.07, 6.45) is 0. The summed E-state index contributed by atoms with van der Waals surface area (Å²) in [5.74, 6) is -1.14. The molecule has 1 heterocycles. The van der Waals surface area contributed by atoms with Gasteiger partial charge in [0.25, 0.3) is 0 Å². The number of hydrogen-bond acceptors (Lipinski definition) is 4. The van der Waals surface area contributed by atoms with Crippen LogP contribution in [0.3, 0.4) is 0 Å². The van der Waals surface area contributed by atoms with Gasteiger partial charge in [0.05, 0.1) is 12.6 Å². The molecule has 0 aromatic heterocycles. The van der Waals surface area contributed by atoms with E-state index in [1.54, 1.807) is 18.2 Å². The van der Waals surface area contributed by atoms with Crippen molar-refractivity contribution in [2.75, 3.05) is 24.8 Å². The maximum atomic E-state index is 10.8. The van der Waals surface area contributed by atoms with Gasteiger partial charge in [-0.3, -0.25) is 0 Å². The normalized spacial score (nSPS) is 15.2. The Labute approximate surface area is 104 Å². The van der Waals surface area contributed by atoms with Crippen LogP contribution in [0.5, 0.6) is 0 Å². The van der Waals surface area contributed by atoms with Crippen molar-refractivity contribution < 1.29 is 14.6 Å². The summed E-state index contributed by atoms with van der Waals surface area (Å²) in [6.45, 7) is 2.26. The lowest BCUT2D eigenvalue weighted by Gasteiger charge is -2.16. The number of hydrogen-bond donors (Lipinski definition) is 0. The molecule has 0 spiro atoms. The highest BCUT2D eigenvalue weighted by Gasteiger charge is 2.12. The number of aromatic carboxylic acids is 1. The zero-order valence-electron chi connectivity index (χ0n) is 9.76. The molecule has 3 rings (SSSR count). The van der Waals surface area contributed by atoms with Crippen LogP contribution in [0.15, 0.2) is 36.4 Å². The number of carbonyl (C=O) groups excluding carboxylic acids is 1. The minimum absolute atomic E-state index is 0.208. The van der Waals surface area contributed by atoms with Gasteiger partial charge in [0.15, 0.2) is 0 Å². The van der Waals surface area contributed by atoms with Crippen molar-refractivity contribution >= 4 is 22.4 Å². The Bertz CT molecular complexity index is 603. The van der Waals surface area contributed by atoms with Gasteiger partial charge in [-0.05, 0) is 34.5 Å². The molecule has 0 aliphatic carbocycles. The molecule has 4 heteroatoms. The number of ether oxygens (including phenoxy) is 1. The summed E-state index contributed by atoms with van der Waals surface area (Å²) in [7, 11) is 0. The van der Waals surface area contributed by atoms with Crippen molar-refractivity contribution in [1.82, 2.24) is 0 Å². The van der Waals surface area contributed by atoms with Crippen molar-refractivity contribution in [2.45, 2.75) is 0 Å². The van der Waals surface area contributed by atoms with E-state index in [1.165, 1.54) is 0 Å². The Balaban J connectivity index is 2.02. The van der Waals surface area contributed by atoms with Gasteiger partial charge in [0, 0.05) is 12.2 Å². The van der Waals surface area contributed by atoms with Gasteiger partial charge in [-0.25, -0.2) is 0 Å². The van der Waals surface area contributed by atoms with E-state index in [9.17, 15) is 9.90 Å². The van der Waals surface area contributed by atoms with E-state index in [0.717, 1.165) is 29.6 Å². The third-order valence-electron chi connectivity index (χ3n) is 3.18. The third-order valence-corrected chi connectivity index (χ3v) is 3.18. The minimum atomic E-state index is -1.14. The maximum Gasteiger partial charge on any atom is 0.119 e. The number of rotatable bonds is 2. The first kappa shape index (κ1) is 11.0. The molecule has 1 aliphatic heterocycles. The fourth-order valence-corrected chi connectivity index (χ4v) is 2.17. The quantitative estimate of drug-likeness (QED) is 0.788. The van der Waals surface area contributed by atoms with Gasteiger partial charge in [0.1, 0.15) is 6.73 Å². The third kappa shape index (κ3) is 1.91. The number of carboxylic acid groups (broad SMARTS) is 1. The lowest BCUT2D eigenvalue weighted by molar-refractivity contribution is -0.255. The second-order valence-corrected chi connectivity index (χ2v) is 4.33. The van der Waals surface area contributed by atoms with Crippen LogP contribution in [0.1, 0.15) is 10.4 Å². The van der Waals surface area contributed by atoms with Crippen LogP contribution >= 0.6 is 0 Å². The Morgan fingerprint density at radius 2 is 1.94 bits per heavy atom. The molecule has 4 nitrogen and oxygen atoms in total. The van der Waals surface area contributed by atoms with Crippen molar-refractivity contribution in [3.8, 4) is 0 Å². The van der Waals surface area contributed by atoms with Gasteiger partial charge in [0.2, 0.25) is 0 Å². The fourth-order valence-electron chi connectivity index (χ4n) is 2.17. The first-order valence-corrected chi connectivity index (χ1v) is 5.82. The molecule has 0 radical (unpaired) electrons. The zero-order valence-corrected chi connectivity index (χ0v) is 9.76. The molecule has 1 fully saturated rings. The summed E-state index contributed by atoms with van der Waals surface area (Å²) in [5, 5.41) is 12.7. The maximum absolute atomic E-state index is 10.8. The topological polar surface area (TPSA) is 52.6 Å². The minimum Gasteiger partial charge on any atom is -0.545 e. The van der Waals surface area contributed by atoms with E-state index >= 15 is 0 Å². The van der Waals surface area contributed by atoms with Crippen molar-refractivity contribution in [3.05, 3.63) is 42.0 Å². The van der Waals surface area contributed by atoms with Gasteiger partial charge in [-0.2, -0.15) is 0 Å². The second-order valence-electron chi connectivity index (χ2n) is 4.33. The molecular formula is C14H12NO3-. The van der Waals surface area contributed by atoms with Crippen LogP contribution in [0.2, 0.25) is 0 Å². The molecule has 0 saturated carbocycles. The number of benzene rings is 2. The molecule has 2 aromatic rings. The first-order valence-electron chi connectivity index (χ1n) is 5.82. The van der Waals surface area contributed by atoms with E-state index < -0.39 is 5.97 Å². The van der Waals surface area contributed by atoms with Crippen LogP contribution in [-0.4, -0.2) is 25.9 Å². The van der Waals surface area contributed by atoms with E-state index in [4.69, 9.17) is 4.74 Å². The van der Waals surface area contributed by atoms with Crippen LogP contribution in [0, 0.1) is 0 Å². The Morgan fingerprint density at radius 3 is 2.67 bits per heavy atom. The van der Waals surface area contributed by atoms with E-state index in [2.05, 4.69) is 4.90 Å². The SMILES string of the molecule is O=C([O-])c1ccc2cc(N3CCOC3)ccc2c1. The molecule has 92 valence electrons. The van der Waals surface area contributed by atoms with Gasteiger partial charge < -0.3 is 19.5 Å². The zero-order chi connectivity index (χ0) is 12.5. The lowest BCUT2D eigenvalue weighted by atomic mass is 10.1. The Hall–Kier alpha value is -2.07. The summed E-state index contributed by atoms with van der Waals surface area (Å²) >= 11 is 0. The smallest absolute Gasteiger partial charge is 0.119 e. The second kappa shape index (κ2) is 4.31. The first-order chi connectivity index (χ1) is 8.74. The molecule has 0 bridgehead atoms. The van der Waals surface area contributed by atoms with Gasteiger partial charge >= 0.3 is 0 Å². The van der Waals surface area contributed by atoms with Crippen molar-refractivity contribution in [2.24, 2.45) is 0 Å². The number of anilines is 1. The van der Waals surface area contributed by atoms with Gasteiger partial charge in [-0.1, -0.05) is 18.2 Å².